The number of rotatable bonds is 2. The molecule has 0 spiro atoms. The smallest absolute Gasteiger partial charge is 0.275 e. The van der Waals surface area contributed by atoms with Gasteiger partial charge in [-0.2, -0.15) is 0 Å². The number of hydrogen-bond acceptors (Lipinski definition) is 4. The Morgan fingerprint density at radius 2 is 2.10 bits per heavy atom. The van der Waals surface area contributed by atoms with Gasteiger partial charge in [0.2, 0.25) is 0 Å². The summed E-state index contributed by atoms with van der Waals surface area (Å²) >= 11 is 0. The zero-order chi connectivity index (χ0) is 15.2. The van der Waals surface area contributed by atoms with Gasteiger partial charge >= 0.3 is 0 Å². The number of aromatic nitrogens is 2. The molecular weight excluding hydrogens is 266 g/mol. The van der Waals surface area contributed by atoms with E-state index in [-0.39, 0.29) is 18.2 Å². The van der Waals surface area contributed by atoms with Crippen molar-refractivity contribution >= 4 is 11.6 Å². The maximum atomic E-state index is 12.1. The number of aliphatic hydroxyl groups excluding tert-OH is 1. The normalized spacial score (nSPS) is 9.67. The summed E-state index contributed by atoms with van der Waals surface area (Å²) in [6, 6.07) is 5.45. The topological polar surface area (TPSA) is 75.1 Å². The van der Waals surface area contributed by atoms with E-state index in [1.54, 1.807) is 12.3 Å². The molecule has 5 heteroatoms. The summed E-state index contributed by atoms with van der Waals surface area (Å²) in [5.74, 6) is 5.05. The van der Waals surface area contributed by atoms with E-state index in [2.05, 4.69) is 27.1 Å². The number of anilines is 1. The molecule has 0 aliphatic rings. The van der Waals surface area contributed by atoms with E-state index in [0.29, 0.717) is 5.69 Å². The number of nitrogens with zero attached hydrogens (tertiary/aromatic N) is 2. The van der Waals surface area contributed by atoms with Crippen molar-refractivity contribution in [2.45, 2.75) is 13.8 Å². The van der Waals surface area contributed by atoms with Gasteiger partial charge in [0.25, 0.3) is 5.91 Å². The largest absolute Gasteiger partial charge is 0.384 e. The monoisotopic (exact) mass is 281 g/mol. The molecule has 0 atom stereocenters. The van der Waals surface area contributed by atoms with E-state index in [4.69, 9.17) is 5.11 Å². The van der Waals surface area contributed by atoms with Crippen LogP contribution in [0.3, 0.4) is 0 Å². The van der Waals surface area contributed by atoms with Crippen LogP contribution in [0.25, 0.3) is 0 Å². The molecule has 106 valence electrons. The first-order valence-corrected chi connectivity index (χ1v) is 6.40. The fraction of sp³-hybridized carbons (Fsp3) is 0.188. The molecule has 0 aliphatic heterocycles. The third-order valence-corrected chi connectivity index (χ3v) is 2.81. The van der Waals surface area contributed by atoms with Gasteiger partial charge in [-0.3, -0.25) is 9.78 Å². The third-order valence-electron chi connectivity index (χ3n) is 2.81. The summed E-state index contributed by atoms with van der Waals surface area (Å²) in [5, 5.41) is 11.5. The summed E-state index contributed by atoms with van der Waals surface area (Å²) in [4.78, 5) is 20.2. The highest BCUT2D eigenvalue weighted by Crippen LogP contribution is 2.17. The van der Waals surface area contributed by atoms with Crippen molar-refractivity contribution in [2.75, 3.05) is 11.9 Å². The summed E-state index contributed by atoms with van der Waals surface area (Å²) in [6.45, 7) is 3.50. The Hall–Kier alpha value is -2.71. The zero-order valence-electron chi connectivity index (χ0n) is 11.8. The minimum absolute atomic E-state index is 0.200. The van der Waals surface area contributed by atoms with Crippen molar-refractivity contribution in [3.63, 3.8) is 0 Å². The number of nitrogens with one attached hydrogen (secondary N) is 1. The lowest BCUT2D eigenvalue weighted by atomic mass is 10.1. The Balaban J connectivity index is 2.22. The van der Waals surface area contributed by atoms with Crippen LogP contribution in [0.4, 0.5) is 5.69 Å². The second-order valence-corrected chi connectivity index (χ2v) is 4.49. The van der Waals surface area contributed by atoms with Crippen molar-refractivity contribution in [3.8, 4) is 11.8 Å². The van der Waals surface area contributed by atoms with Gasteiger partial charge < -0.3 is 10.4 Å². The van der Waals surface area contributed by atoms with Crippen LogP contribution in [0.15, 0.2) is 30.6 Å². The Labute approximate surface area is 123 Å². The molecule has 2 rings (SSSR count). The second-order valence-electron chi connectivity index (χ2n) is 4.49. The predicted octanol–water partition coefficient (Wildman–Crippen LogP) is 1.69. The van der Waals surface area contributed by atoms with Gasteiger partial charge in [0.15, 0.2) is 0 Å². The fourth-order valence-corrected chi connectivity index (χ4v) is 1.67. The molecule has 0 radical (unpaired) electrons. The highest BCUT2D eigenvalue weighted by molar-refractivity contribution is 6.03. The molecule has 5 nitrogen and oxygen atoms in total. The Morgan fingerprint density at radius 1 is 1.29 bits per heavy atom. The molecule has 21 heavy (non-hydrogen) atoms. The van der Waals surface area contributed by atoms with Crippen LogP contribution < -0.4 is 5.32 Å². The third kappa shape index (κ3) is 3.88. The Bertz CT molecular complexity index is 713. The molecule has 1 heterocycles. The quantitative estimate of drug-likeness (QED) is 0.821. The van der Waals surface area contributed by atoms with Gasteiger partial charge in [-0.25, -0.2) is 4.98 Å². The SMILES string of the molecule is Cc1cnc(C(=O)Nc2cc(C#CCO)ccc2C)cn1. The fourth-order valence-electron chi connectivity index (χ4n) is 1.67. The summed E-state index contributed by atoms with van der Waals surface area (Å²) < 4.78 is 0. The van der Waals surface area contributed by atoms with Crippen molar-refractivity contribution in [1.82, 2.24) is 9.97 Å². The van der Waals surface area contributed by atoms with E-state index in [1.165, 1.54) is 6.20 Å². The van der Waals surface area contributed by atoms with Crippen LogP contribution in [0.1, 0.15) is 27.3 Å². The molecule has 1 aromatic carbocycles. The lowest BCUT2D eigenvalue weighted by Crippen LogP contribution is -2.15. The molecule has 2 N–H and O–H groups in total. The molecule has 0 unspecified atom stereocenters. The van der Waals surface area contributed by atoms with Crippen LogP contribution in [-0.4, -0.2) is 27.6 Å². The Morgan fingerprint density at radius 3 is 2.76 bits per heavy atom. The van der Waals surface area contributed by atoms with Crippen LogP contribution in [0.2, 0.25) is 0 Å². The van der Waals surface area contributed by atoms with E-state index in [0.717, 1.165) is 16.8 Å². The maximum Gasteiger partial charge on any atom is 0.275 e. The maximum absolute atomic E-state index is 12.1. The molecule has 2 aromatic rings. The van der Waals surface area contributed by atoms with Crippen molar-refractivity contribution < 1.29 is 9.90 Å². The minimum atomic E-state index is -0.321. The number of aryl methyl sites for hydroxylation is 2. The molecular formula is C16H15N3O2. The van der Waals surface area contributed by atoms with Gasteiger partial charge in [-0.05, 0) is 31.5 Å². The van der Waals surface area contributed by atoms with Crippen LogP contribution >= 0.6 is 0 Å². The van der Waals surface area contributed by atoms with Crippen molar-refractivity contribution in [2.24, 2.45) is 0 Å². The van der Waals surface area contributed by atoms with Crippen LogP contribution in [-0.2, 0) is 0 Å². The number of amides is 1. The highest BCUT2D eigenvalue weighted by atomic mass is 16.2. The number of hydrogen-bond donors (Lipinski definition) is 2. The summed E-state index contributed by atoms with van der Waals surface area (Å²) in [6.07, 6.45) is 2.99. The number of carbonyl (C=O) groups excluding carboxylic acids is 1. The lowest BCUT2D eigenvalue weighted by molar-refractivity contribution is 0.102. The lowest BCUT2D eigenvalue weighted by Gasteiger charge is -2.08. The summed E-state index contributed by atoms with van der Waals surface area (Å²) in [7, 11) is 0. The van der Waals surface area contributed by atoms with Gasteiger partial charge in [0, 0.05) is 17.4 Å². The molecule has 0 fully saturated rings. The van der Waals surface area contributed by atoms with Crippen molar-refractivity contribution in [1.29, 1.82) is 0 Å². The minimum Gasteiger partial charge on any atom is -0.384 e. The van der Waals surface area contributed by atoms with E-state index in [9.17, 15) is 4.79 Å². The zero-order valence-corrected chi connectivity index (χ0v) is 11.8. The van der Waals surface area contributed by atoms with Gasteiger partial charge in [0.05, 0.1) is 11.9 Å². The van der Waals surface area contributed by atoms with Gasteiger partial charge in [-0.15, -0.1) is 0 Å². The van der Waals surface area contributed by atoms with Gasteiger partial charge in [-0.1, -0.05) is 17.9 Å². The molecule has 0 bridgehead atoms. The van der Waals surface area contributed by atoms with Gasteiger partial charge in [0.1, 0.15) is 12.3 Å². The molecule has 1 amide bonds. The molecule has 0 saturated carbocycles. The van der Waals surface area contributed by atoms with E-state index >= 15 is 0 Å². The first kappa shape index (κ1) is 14.7. The average Bonchev–Trinajstić information content (AvgIpc) is 2.48. The van der Waals surface area contributed by atoms with E-state index in [1.807, 2.05) is 26.0 Å². The first-order valence-electron chi connectivity index (χ1n) is 6.40. The van der Waals surface area contributed by atoms with Crippen molar-refractivity contribution in [3.05, 3.63) is 53.1 Å². The molecule has 0 aliphatic carbocycles. The number of carbonyl (C=O) groups is 1. The van der Waals surface area contributed by atoms with Crippen LogP contribution in [0.5, 0.6) is 0 Å². The number of aliphatic hydroxyl groups is 1. The Kier molecular flexibility index (Phi) is 4.64. The first-order chi connectivity index (χ1) is 10.1. The average molecular weight is 281 g/mol. The second kappa shape index (κ2) is 6.64. The number of benzene rings is 1. The summed E-state index contributed by atoms with van der Waals surface area (Å²) in [5.41, 5.74) is 3.31. The standard InChI is InChI=1S/C16H15N3O2/c1-11-5-6-13(4-3-7-20)8-14(11)19-16(21)15-10-17-12(2)9-18-15/h5-6,8-10,20H,7H2,1-2H3,(H,19,21). The van der Waals surface area contributed by atoms with E-state index < -0.39 is 0 Å². The predicted molar refractivity (Wildman–Crippen MR) is 79.9 cm³/mol. The molecule has 1 aromatic heterocycles. The van der Waals surface area contributed by atoms with Crippen LogP contribution in [0, 0.1) is 25.7 Å². The molecule has 0 saturated heterocycles. The highest BCUT2D eigenvalue weighted by Gasteiger charge is 2.09.